The Morgan fingerprint density at radius 2 is 1.62 bits per heavy atom. The second-order valence-electron chi connectivity index (χ2n) is 7.10. The molecule has 34 heavy (non-hydrogen) atoms. The van der Waals surface area contributed by atoms with Crippen LogP contribution in [-0.2, 0) is 11.2 Å². The number of halogens is 2. The Balaban J connectivity index is 1.69. The number of rotatable bonds is 9. The molecule has 1 aromatic heterocycles. The Kier molecular flexibility index (Phi) is 8.27. The zero-order valence-corrected chi connectivity index (χ0v) is 19.7. The van der Waals surface area contributed by atoms with Gasteiger partial charge in [0.15, 0.2) is 5.78 Å². The number of ketones is 1. The van der Waals surface area contributed by atoms with Gasteiger partial charge in [-0.3, -0.25) is 14.4 Å². The van der Waals surface area contributed by atoms with Gasteiger partial charge in [-0.1, -0.05) is 41.4 Å². The normalized spacial score (nSPS) is 11.5. The topological polar surface area (TPSA) is 133 Å². The van der Waals surface area contributed by atoms with Gasteiger partial charge in [-0.2, -0.15) is 0 Å². The minimum Gasteiger partial charge on any atom is -0.508 e. The molecule has 1 atom stereocenters. The molecule has 0 spiro atoms. The number of hydrogen-bond acceptors (Lipinski definition) is 6. The number of Topliss-reactive ketones (excluding diaryl/α,β-unsaturated/α-hetero) is 1. The van der Waals surface area contributed by atoms with E-state index < -0.39 is 23.9 Å². The van der Waals surface area contributed by atoms with Crippen LogP contribution in [0.2, 0.25) is 10.0 Å². The Labute approximate surface area is 208 Å². The number of carboxylic acids is 1. The van der Waals surface area contributed by atoms with Gasteiger partial charge in [0.25, 0.3) is 11.8 Å². The zero-order chi connectivity index (χ0) is 24.8. The lowest BCUT2D eigenvalue weighted by Crippen LogP contribution is -2.52. The molecule has 0 bridgehead atoms. The lowest BCUT2D eigenvalue weighted by Gasteiger charge is -2.17. The summed E-state index contributed by atoms with van der Waals surface area (Å²) < 4.78 is 0. The van der Waals surface area contributed by atoms with E-state index in [-0.39, 0.29) is 44.9 Å². The second kappa shape index (κ2) is 11.1. The monoisotopic (exact) mass is 520 g/mol. The minimum atomic E-state index is -1.71. The van der Waals surface area contributed by atoms with Crippen molar-refractivity contribution in [3.8, 4) is 5.75 Å². The molecular weight excluding hydrogens is 503 g/mol. The summed E-state index contributed by atoms with van der Waals surface area (Å²) in [6, 6.07) is 12.0. The lowest BCUT2D eigenvalue weighted by molar-refractivity contribution is -0.139. The third-order valence-electron chi connectivity index (χ3n) is 4.68. The molecule has 0 aliphatic carbocycles. The van der Waals surface area contributed by atoms with Crippen molar-refractivity contribution in [2.24, 2.45) is 0 Å². The molecule has 0 unspecified atom stereocenters. The maximum absolute atomic E-state index is 12.7. The van der Waals surface area contributed by atoms with Crippen LogP contribution in [0.5, 0.6) is 5.75 Å². The molecule has 2 aromatic carbocycles. The van der Waals surface area contributed by atoms with Gasteiger partial charge in [0.2, 0.25) is 6.17 Å². The number of phenols is 1. The highest BCUT2D eigenvalue weighted by Crippen LogP contribution is 2.28. The number of thiophene rings is 1. The molecule has 3 rings (SSSR count). The molecule has 4 N–H and O–H groups in total. The molecule has 11 heteroatoms. The fourth-order valence-corrected chi connectivity index (χ4v) is 4.37. The predicted octanol–water partition coefficient (Wildman–Crippen LogP) is 4.15. The fraction of sp³-hybridized carbons (Fsp3) is 0.130. The van der Waals surface area contributed by atoms with Gasteiger partial charge in [0.1, 0.15) is 5.75 Å². The maximum Gasteiger partial charge on any atom is 0.347 e. The largest absolute Gasteiger partial charge is 0.508 e. The third kappa shape index (κ3) is 6.34. The molecule has 1 heterocycles. The number of aliphatic carboxylic acids is 1. The van der Waals surface area contributed by atoms with Crippen molar-refractivity contribution in [3.63, 3.8) is 0 Å². The highest BCUT2D eigenvalue weighted by atomic mass is 35.5. The van der Waals surface area contributed by atoms with Crippen LogP contribution in [0, 0.1) is 0 Å². The fourth-order valence-electron chi connectivity index (χ4n) is 3.04. The average molecular weight is 521 g/mol. The Morgan fingerprint density at radius 1 is 0.941 bits per heavy atom. The number of carboxylic acid groups (broad SMARTS) is 1. The molecule has 0 aliphatic heterocycles. The van der Waals surface area contributed by atoms with Crippen molar-refractivity contribution < 1.29 is 29.4 Å². The Bertz CT molecular complexity index is 1220. The number of amides is 2. The highest BCUT2D eigenvalue weighted by Gasteiger charge is 2.26. The van der Waals surface area contributed by atoms with Gasteiger partial charge >= 0.3 is 5.97 Å². The van der Waals surface area contributed by atoms with E-state index in [0.29, 0.717) is 11.1 Å². The summed E-state index contributed by atoms with van der Waals surface area (Å²) in [5.74, 6) is -3.25. The molecule has 0 saturated carbocycles. The number of phenolic OH excluding ortho intramolecular Hbond substituents is 1. The zero-order valence-electron chi connectivity index (χ0n) is 17.4. The van der Waals surface area contributed by atoms with Gasteiger partial charge < -0.3 is 20.8 Å². The van der Waals surface area contributed by atoms with Gasteiger partial charge in [-0.25, -0.2) is 4.79 Å². The van der Waals surface area contributed by atoms with E-state index in [2.05, 4.69) is 10.6 Å². The van der Waals surface area contributed by atoms with E-state index >= 15 is 0 Å². The summed E-state index contributed by atoms with van der Waals surface area (Å²) >= 11 is 13.6. The van der Waals surface area contributed by atoms with Crippen LogP contribution in [0.15, 0.2) is 53.9 Å². The number of aryl methyl sites for hydroxylation is 1. The summed E-state index contributed by atoms with van der Waals surface area (Å²) in [5.41, 5.74) is 0.779. The first kappa shape index (κ1) is 25.2. The van der Waals surface area contributed by atoms with Crippen molar-refractivity contribution in [1.82, 2.24) is 10.6 Å². The summed E-state index contributed by atoms with van der Waals surface area (Å²) in [4.78, 5) is 49.0. The average Bonchev–Trinajstić information content (AvgIpc) is 3.31. The van der Waals surface area contributed by atoms with Gasteiger partial charge in [-0.05, 0) is 47.7 Å². The second-order valence-corrected chi connectivity index (χ2v) is 8.87. The van der Waals surface area contributed by atoms with Crippen LogP contribution in [0.1, 0.15) is 42.4 Å². The summed E-state index contributed by atoms with van der Waals surface area (Å²) in [6.45, 7) is 0. The quantitative estimate of drug-likeness (QED) is 0.247. The molecule has 2 amide bonds. The number of carbonyl (C=O) groups excluding carboxylic acids is 3. The molecule has 0 saturated heterocycles. The lowest BCUT2D eigenvalue weighted by atomic mass is 10.0. The van der Waals surface area contributed by atoms with Crippen LogP contribution < -0.4 is 10.6 Å². The maximum atomic E-state index is 12.7. The van der Waals surface area contributed by atoms with Crippen LogP contribution in [0.4, 0.5) is 0 Å². The van der Waals surface area contributed by atoms with Crippen LogP contribution in [0.3, 0.4) is 0 Å². The highest BCUT2D eigenvalue weighted by molar-refractivity contribution is 7.12. The van der Waals surface area contributed by atoms with Crippen molar-refractivity contribution in [3.05, 3.63) is 85.5 Å². The Morgan fingerprint density at radius 3 is 2.21 bits per heavy atom. The SMILES string of the molecule is O=C(CCc1cc(Cl)c(C(=O)N[C@@H](NC(=O)c2cccs2)C(=O)O)c(Cl)c1)c1cccc(O)c1. The molecule has 176 valence electrons. The van der Waals surface area contributed by atoms with E-state index in [0.717, 1.165) is 11.3 Å². The van der Waals surface area contributed by atoms with Crippen molar-refractivity contribution in [1.29, 1.82) is 0 Å². The van der Waals surface area contributed by atoms with Gasteiger partial charge in [0, 0.05) is 12.0 Å². The standard InChI is InChI=1S/C23H18Cl2N2O6S/c24-15-9-12(6-7-17(29)13-3-1-4-14(28)11-13)10-16(25)19(15)22(31)27-20(23(32)33)26-21(30)18-5-2-8-34-18/h1-5,8-11,20,28H,6-7H2,(H,26,30)(H,27,31)(H,32,33)/t20-/m1/s1. The van der Waals surface area contributed by atoms with E-state index in [1.807, 2.05) is 0 Å². The number of nitrogens with one attached hydrogen (secondary N) is 2. The number of hydrogen-bond donors (Lipinski definition) is 4. The first-order valence-electron chi connectivity index (χ1n) is 9.84. The predicted molar refractivity (Wildman–Crippen MR) is 128 cm³/mol. The molecule has 3 aromatic rings. The van der Waals surface area contributed by atoms with Gasteiger partial charge in [0.05, 0.1) is 20.5 Å². The first-order valence-corrected chi connectivity index (χ1v) is 11.5. The van der Waals surface area contributed by atoms with Crippen molar-refractivity contribution in [2.75, 3.05) is 0 Å². The summed E-state index contributed by atoms with van der Waals surface area (Å²) in [7, 11) is 0. The van der Waals surface area contributed by atoms with E-state index in [4.69, 9.17) is 23.2 Å². The number of benzene rings is 2. The molecule has 0 fully saturated rings. The van der Waals surface area contributed by atoms with Gasteiger partial charge in [-0.15, -0.1) is 11.3 Å². The molecule has 0 radical (unpaired) electrons. The molecular formula is C23H18Cl2N2O6S. The molecule has 0 aliphatic rings. The van der Waals surface area contributed by atoms with Crippen LogP contribution in [0.25, 0.3) is 0 Å². The van der Waals surface area contributed by atoms with E-state index in [1.165, 1.54) is 30.3 Å². The Hall–Kier alpha value is -3.40. The molecule has 8 nitrogen and oxygen atoms in total. The number of aromatic hydroxyl groups is 1. The van der Waals surface area contributed by atoms with Crippen molar-refractivity contribution >= 4 is 58.1 Å². The summed E-state index contributed by atoms with van der Waals surface area (Å²) in [5, 5.41) is 24.9. The van der Waals surface area contributed by atoms with E-state index in [1.54, 1.807) is 23.6 Å². The van der Waals surface area contributed by atoms with E-state index in [9.17, 15) is 29.4 Å². The minimum absolute atomic E-state index is 0.0152. The summed E-state index contributed by atoms with van der Waals surface area (Å²) in [6.07, 6.45) is -1.34. The number of carbonyl (C=O) groups is 4. The van der Waals surface area contributed by atoms with Crippen LogP contribution in [-0.4, -0.2) is 39.9 Å². The smallest absolute Gasteiger partial charge is 0.347 e. The van der Waals surface area contributed by atoms with Crippen LogP contribution >= 0.6 is 34.5 Å². The third-order valence-corrected chi connectivity index (χ3v) is 6.15. The van der Waals surface area contributed by atoms with Crippen molar-refractivity contribution in [2.45, 2.75) is 19.0 Å². The first-order chi connectivity index (χ1) is 16.2.